The summed E-state index contributed by atoms with van der Waals surface area (Å²) in [6, 6.07) is 11.6. The van der Waals surface area contributed by atoms with E-state index >= 15 is 0 Å². The molecule has 3 rings (SSSR count). The molecule has 1 aromatic heterocycles. The van der Waals surface area contributed by atoms with Gasteiger partial charge in [0.15, 0.2) is 11.0 Å². The molecule has 0 fully saturated rings. The van der Waals surface area contributed by atoms with Crippen LogP contribution in [-0.2, 0) is 18.4 Å². The van der Waals surface area contributed by atoms with Crippen LogP contribution in [0.2, 0.25) is 0 Å². The molecule has 0 aliphatic carbocycles. The lowest BCUT2D eigenvalue weighted by Gasteiger charge is -2.08. The first kappa shape index (κ1) is 23.4. The number of nitrogens with one attached hydrogen (secondary N) is 2. The molecule has 12 heteroatoms. The van der Waals surface area contributed by atoms with Crippen LogP contribution in [0.5, 0.6) is 0 Å². The number of rotatable bonds is 8. The minimum Gasteiger partial charge on any atom is -0.345 e. The second-order valence-electron chi connectivity index (χ2n) is 6.72. The molecule has 2 aromatic carbocycles. The van der Waals surface area contributed by atoms with E-state index in [1.54, 1.807) is 48.9 Å². The van der Waals surface area contributed by atoms with Crippen LogP contribution in [0.25, 0.3) is 0 Å². The number of aromatic nitrogens is 3. The van der Waals surface area contributed by atoms with E-state index in [0.29, 0.717) is 32.3 Å². The van der Waals surface area contributed by atoms with E-state index in [0.717, 1.165) is 0 Å². The Balaban J connectivity index is 1.55. The molecule has 3 aromatic rings. The van der Waals surface area contributed by atoms with Gasteiger partial charge in [-0.15, -0.1) is 10.2 Å². The highest BCUT2D eigenvalue weighted by Gasteiger charge is 2.15. The largest absolute Gasteiger partial charge is 0.345 e. The van der Waals surface area contributed by atoms with Crippen LogP contribution in [0, 0.1) is 17.0 Å². The number of anilines is 1. The number of hydrogen-bond donors (Lipinski definition) is 2. The van der Waals surface area contributed by atoms with Gasteiger partial charge in [-0.05, 0) is 41.1 Å². The number of nitro benzene ring substituents is 1. The van der Waals surface area contributed by atoms with Crippen molar-refractivity contribution in [3.05, 3.63) is 74.0 Å². The van der Waals surface area contributed by atoms with Gasteiger partial charge < -0.3 is 15.2 Å². The van der Waals surface area contributed by atoms with E-state index in [1.165, 1.54) is 17.8 Å². The summed E-state index contributed by atoms with van der Waals surface area (Å²) in [4.78, 5) is 35.1. The van der Waals surface area contributed by atoms with Crippen molar-refractivity contribution >= 4 is 50.9 Å². The van der Waals surface area contributed by atoms with E-state index in [4.69, 9.17) is 0 Å². The summed E-state index contributed by atoms with van der Waals surface area (Å²) < 4.78 is 2.38. The lowest BCUT2D eigenvalue weighted by Crippen LogP contribution is -2.24. The van der Waals surface area contributed by atoms with E-state index in [1.807, 2.05) is 6.07 Å². The van der Waals surface area contributed by atoms with Crippen molar-refractivity contribution in [1.29, 1.82) is 0 Å². The first-order valence-corrected chi connectivity index (χ1v) is 11.1. The molecule has 1 heterocycles. The van der Waals surface area contributed by atoms with E-state index < -0.39 is 4.92 Å². The van der Waals surface area contributed by atoms with Crippen molar-refractivity contribution in [3.8, 4) is 0 Å². The zero-order chi connectivity index (χ0) is 23.3. The zero-order valence-electron chi connectivity index (χ0n) is 17.2. The standard InChI is InChI=1S/C20H19BrN6O4S/c1-12-7-8-13(9-16(12)27(30)31)23-18(28)11-32-20-25-24-17(26(20)2)10-22-19(29)14-5-3-4-6-15(14)21/h3-9H,10-11H2,1-2H3,(H,22,29)(H,23,28). The van der Waals surface area contributed by atoms with E-state index in [-0.39, 0.29) is 29.8 Å². The van der Waals surface area contributed by atoms with Crippen LogP contribution < -0.4 is 10.6 Å². The molecule has 0 atom stereocenters. The Morgan fingerprint density at radius 1 is 1.22 bits per heavy atom. The molecular formula is C20H19BrN6O4S. The molecular weight excluding hydrogens is 500 g/mol. The van der Waals surface area contributed by atoms with Crippen molar-refractivity contribution in [2.75, 3.05) is 11.1 Å². The van der Waals surface area contributed by atoms with E-state index in [2.05, 4.69) is 36.8 Å². The van der Waals surface area contributed by atoms with Crippen molar-refractivity contribution < 1.29 is 14.5 Å². The Labute approximate surface area is 196 Å². The fraction of sp³-hybridized carbons (Fsp3) is 0.200. The summed E-state index contributed by atoms with van der Waals surface area (Å²) in [5, 5.41) is 25.1. The maximum atomic E-state index is 12.3. The molecule has 0 aliphatic heterocycles. The number of hydrogen-bond acceptors (Lipinski definition) is 7. The van der Waals surface area contributed by atoms with Gasteiger partial charge >= 0.3 is 0 Å². The van der Waals surface area contributed by atoms with Crippen LogP contribution >= 0.6 is 27.7 Å². The quantitative estimate of drug-likeness (QED) is 0.265. The Bertz CT molecular complexity index is 1180. The van der Waals surface area contributed by atoms with Gasteiger partial charge in [-0.2, -0.15) is 0 Å². The van der Waals surface area contributed by atoms with Crippen LogP contribution in [0.4, 0.5) is 11.4 Å². The minimum absolute atomic E-state index is 0.0387. The normalized spacial score (nSPS) is 10.6. The highest BCUT2D eigenvalue weighted by molar-refractivity contribution is 9.10. The average molecular weight is 519 g/mol. The van der Waals surface area contributed by atoms with Crippen molar-refractivity contribution in [3.63, 3.8) is 0 Å². The monoisotopic (exact) mass is 518 g/mol. The maximum absolute atomic E-state index is 12.3. The lowest BCUT2D eigenvalue weighted by molar-refractivity contribution is -0.385. The smallest absolute Gasteiger partial charge is 0.274 e. The van der Waals surface area contributed by atoms with Crippen LogP contribution in [0.15, 0.2) is 52.1 Å². The number of carbonyl (C=O) groups is 2. The maximum Gasteiger partial charge on any atom is 0.274 e. The molecule has 2 N–H and O–H groups in total. The Morgan fingerprint density at radius 2 is 1.97 bits per heavy atom. The Hall–Kier alpha value is -3.25. The fourth-order valence-electron chi connectivity index (χ4n) is 2.74. The van der Waals surface area contributed by atoms with Gasteiger partial charge in [0.2, 0.25) is 5.91 Å². The summed E-state index contributed by atoms with van der Waals surface area (Å²) in [6.45, 7) is 1.80. The molecule has 0 radical (unpaired) electrons. The van der Waals surface area contributed by atoms with Crippen molar-refractivity contribution in [1.82, 2.24) is 20.1 Å². The van der Waals surface area contributed by atoms with Crippen LogP contribution in [0.3, 0.4) is 0 Å². The topological polar surface area (TPSA) is 132 Å². The summed E-state index contributed by atoms with van der Waals surface area (Å²) in [6.07, 6.45) is 0. The molecule has 32 heavy (non-hydrogen) atoms. The number of thioether (sulfide) groups is 1. The number of amides is 2. The summed E-state index contributed by atoms with van der Waals surface area (Å²) in [5.41, 5.74) is 1.32. The zero-order valence-corrected chi connectivity index (χ0v) is 19.6. The lowest BCUT2D eigenvalue weighted by atomic mass is 10.2. The second kappa shape index (κ2) is 10.4. The Morgan fingerprint density at radius 3 is 2.69 bits per heavy atom. The van der Waals surface area contributed by atoms with Gasteiger partial charge in [0.1, 0.15) is 0 Å². The number of carbonyl (C=O) groups excluding carboxylic acids is 2. The second-order valence-corrected chi connectivity index (χ2v) is 8.51. The molecule has 0 aliphatic rings. The summed E-state index contributed by atoms with van der Waals surface area (Å²) >= 11 is 4.51. The van der Waals surface area contributed by atoms with Crippen LogP contribution in [-0.4, -0.2) is 37.3 Å². The van der Waals surface area contributed by atoms with Gasteiger partial charge in [0, 0.05) is 28.8 Å². The first-order valence-electron chi connectivity index (χ1n) is 9.35. The molecule has 0 saturated heterocycles. The molecule has 0 spiro atoms. The third-order valence-electron chi connectivity index (χ3n) is 4.47. The van der Waals surface area contributed by atoms with Gasteiger partial charge in [-0.25, -0.2) is 0 Å². The molecule has 166 valence electrons. The molecule has 10 nitrogen and oxygen atoms in total. The summed E-state index contributed by atoms with van der Waals surface area (Å²) in [7, 11) is 1.74. The molecule has 0 unspecified atom stereocenters. The van der Waals surface area contributed by atoms with Gasteiger partial charge in [-0.1, -0.05) is 30.0 Å². The molecule has 0 bridgehead atoms. The van der Waals surface area contributed by atoms with Crippen LogP contribution in [0.1, 0.15) is 21.7 Å². The summed E-state index contributed by atoms with van der Waals surface area (Å²) in [5.74, 6) is -0.0135. The third-order valence-corrected chi connectivity index (χ3v) is 6.18. The van der Waals surface area contributed by atoms with Crippen molar-refractivity contribution in [2.24, 2.45) is 7.05 Å². The minimum atomic E-state index is -0.490. The highest BCUT2D eigenvalue weighted by Crippen LogP contribution is 2.23. The molecule has 0 saturated carbocycles. The molecule has 2 amide bonds. The Kier molecular flexibility index (Phi) is 7.59. The number of aryl methyl sites for hydroxylation is 1. The van der Waals surface area contributed by atoms with Gasteiger partial charge in [0.25, 0.3) is 11.6 Å². The number of nitro groups is 1. The number of benzene rings is 2. The predicted octanol–water partition coefficient (Wildman–Crippen LogP) is 3.46. The highest BCUT2D eigenvalue weighted by atomic mass is 79.9. The first-order chi connectivity index (χ1) is 15.3. The number of nitrogens with zero attached hydrogens (tertiary/aromatic N) is 4. The number of halogens is 1. The predicted molar refractivity (Wildman–Crippen MR) is 124 cm³/mol. The van der Waals surface area contributed by atoms with Gasteiger partial charge in [0.05, 0.1) is 22.8 Å². The average Bonchev–Trinajstić information content (AvgIpc) is 3.11. The fourth-order valence-corrected chi connectivity index (χ4v) is 3.93. The SMILES string of the molecule is Cc1ccc(NC(=O)CSc2nnc(CNC(=O)c3ccccc3Br)n2C)cc1[N+](=O)[O-]. The third kappa shape index (κ3) is 5.71. The van der Waals surface area contributed by atoms with Crippen molar-refractivity contribution in [2.45, 2.75) is 18.6 Å². The van der Waals surface area contributed by atoms with E-state index in [9.17, 15) is 19.7 Å². The van der Waals surface area contributed by atoms with Gasteiger partial charge in [-0.3, -0.25) is 19.7 Å².